The normalized spacial score (nSPS) is 21.8. The molecule has 5 atom stereocenters. The third kappa shape index (κ3) is 6.47. The van der Waals surface area contributed by atoms with Crippen LogP contribution in [0.4, 0.5) is 14.6 Å². The molecule has 17 heteroatoms. The maximum absolute atomic E-state index is 13.2. The van der Waals surface area contributed by atoms with Gasteiger partial charge in [0.05, 0.1) is 19.5 Å². The summed E-state index contributed by atoms with van der Waals surface area (Å²) in [6.45, 7) is -0.611. The number of phosphoric acid groups is 2. The van der Waals surface area contributed by atoms with Crippen LogP contribution in [0.15, 0.2) is 61.2 Å². The molecule has 40 heavy (non-hydrogen) atoms. The number of imidazole rings is 1. The van der Waals surface area contributed by atoms with Gasteiger partial charge < -0.3 is 19.3 Å². The van der Waals surface area contributed by atoms with Crippen molar-refractivity contribution in [2.45, 2.75) is 12.5 Å². The number of rotatable bonds is 11. The Morgan fingerprint density at radius 2 is 1.43 bits per heavy atom. The van der Waals surface area contributed by atoms with Crippen LogP contribution < -0.4 is 14.8 Å². The van der Waals surface area contributed by atoms with Gasteiger partial charge >= 0.3 is 15.6 Å². The second-order valence-corrected chi connectivity index (χ2v) is 11.7. The van der Waals surface area contributed by atoms with E-state index in [0.717, 1.165) is 24.3 Å². The molecule has 2 heterocycles. The molecule has 2 aromatic heterocycles. The lowest BCUT2D eigenvalue weighted by atomic mass is 9.70. The number of nitrogens with two attached hydrogens (primary N) is 1. The Bertz CT molecular complexity index is 1590. The first-order valence-corrected chi connectivity index (χ1v) is 14.8. The van der Waals surface area contributed by atoms with Gasteiger partial charge in [0, 0.05) is 12.0 Å². The Kier molecular flexibility index (Phi) is 7.87. The van der Waals surface area contributed by atoms with E-state index in [1.165, 1.54) is 36.9 Å². The summed E-state index contributed by atoms with van der Waals surface area (Å²) in [4.78, 5) is 32.8. The van der Waals surface area contributed by atoms with Crippen molar-refractivity contribution in [3.8, 4) is 11.5 Å². The zero-order chi connectivity index (χ0) is 28.5. The molecular formula is C23H23F2N5O8P2. The SMILES string of the molecule is Nc1ncnc2c1ncn2[C@@H]1C[C@H](COP(=O)(O)Oc2ccc(F)cc2)[C@@H]1COP(=O)(O)Oc1ccc(F)cc1. The fourth-order valence-electron chi connectivity index (χ4n) is 4.33. The van der Waals surface area contributed by atoms with Gasteiger partial charge in [0.25, 0.3) is 0 Å². The van der Waals surface area contributed by atoms with Gasteiger partial charge in [0.2, 0.25) is 0 Å². The van der Waals surface area contributed by atoms with Crippen LogP contribution in [0.5, 0.6) is 11.5 Å². The Morgan fingerprint density at radius 3 is 2.00 bits per heavy atom. The van der Waals surface area contributed by atoms with Gasteiger partial charge in [0.15, 0.2) is 11.5 Å². The van der Waals surface area contributed by atoms with E-state index in [2.05, 4.69) is 15.0 Å². The van der Waals surface area contributed by atoms with E-state index in [-0.39, 0.29) is 36.6 Å². The Hall–Kier alpha value is -3.45. The van der Waals surface area contributed by atoms with Gasteiger partial charge in [-0.2, -0.15) is 0 Å². The Labute approximate surface area is 225 Å². The molecule has 4 aromatic rings. The van der Waals surface area contributed by atoms with Crippen LogP contribution in [0.1, 0.15) is 12.5 Å². The maximum atomic E-state index is 13.2. The monoisotopic (exact) mass is 597 g/mol. The topological polar surface area (TPSA) is 181 Å². The molecule has 0 bridgehead atoms. The van der Waals surface area contributed by atoms with Crippen LogP contribution in [0.3, 0.4) is 0 Å². The molecule has 0 spiro atoms. The van der Waals surface area contributed by atoms with Crippen LogP contribution in [0.2, 0.25) is 0 Å². The van der Waals surface area contributed by atoms with Crippen molar-refractivity contribution < 1.29 is 45.8 Å². The Morgan fingerprint density at radius 1 is 0.875 bits per heavy atom. The van der Waals surface area contributed by atoms with Crippen molar-refractivity contribution in [3.05, 3.63) is 72.8 Å². The van der Waals surface area contributed by atoms with Crippen LogP contribution in [-0.4, -0.2) is 42.5 Å². The second-order valence-electron chi connectivity index (χ2n) is 8.93. The van der Waals surface area contributed by atoms with Gasteiger partial charge in [-0.05, 0) is 60.9 Å². The lowest BCUT2D eigenvalue weighted by Crippen LogP contribution is -2.43. The number of aromatic nitrogens is 4. The molecule has 0 saturated heterocycles. The van der Waals surface area contributed by atoms with Gasteiger partial charge in [-0.15, -0.1) is 0 Å². The van der Waals surface area contributed by atoms with E-state index >= 15 is 0 Å². The van der Waals surface area contributed by atoms with Crippen LogP contribution in [0.25, 0.3) is 11.2 Å². The highest BCUT2D eigenvalue weighted by molar-refractivity contribution is 7.48. The molecule has 4 N–H and O–H groups in total. The third-order valence-corrected chi connectivity index (χ3v) is 8.17. The summed E-state index contributed by atoms with van der Waals surface area (Å²) in [6.07, 6.45) is 3.15. The number of benzene rings is 2. The highest BCUT2D eigenvalue weighted by Gasteiger charge is 2.45. The van der Waals surface area contributed by atoms with Crippen molar-refractivity contribution in [1.82, 2.24) is 19.5 Å². The van der Waals surface area contributed by atoms with E-state index in [1.807, 2.05) is 0 Å². The first-order chi connectivity index (χ1) is 19.0. The standard InChI is InChI=1S/C23H23F2N5O8P2/c24-15-1-5-17(6-2-15)37-39(31,32)35-10-14-9-20(30-13-29-21-22(26)27-12-28-23(21)30)19(14)11-36-40(33,34)38-18-7-3-16(25)4-8-18/h1-8,12-14,19-20H,9-11H2,(H,31,32)(H,33,34)(H2,26,27,28)/t14-,19+,20-/m1/s1. The number of hydrogen-bond donors (Lipinski definition) is 3. The summed E-state index contributed by atoms with van der Waals surface area (Å²) >= 11 is 0. The quantitative estimate of drug-likeness (QED) is 0.209. The maximum Gasteiger partial charge on any atom is 0.527 e. The first-order valence-electron chi connectivity index (χ1n) is 11.8. The lowest BCUT2D eigenvalue weighted by Gasteiger charge is -2.45. The molecule has 13 nitrogen and oxygen atoms in total. The molecule has 1 saturated carbocycles. The average molecular weight is 597 g/mol. The molecule has 2 unspecified atom stereocenters. The van der Waals surface area contributed by atoms with E-state index in [0.29, 0.717) is 17.6 Å². The largest absolute Gasteiger partial charge is 0.527 e. The summed E-state index contributed by atoms with van der Waals surface area (Å²) in [7, 11) is -9.24. The number of nitrogens with zero attached hydrogens (tertiary/aromatic N) is 4. The molecule has 0 amide bonds. The molecule has 212 valence electrons. The molecule has 1 aliphatic carbocycles. The van der Waals surface area contributed by atoms with E-state index < -0.39 is 39.1 Å². The summed E-state index contributed by atoms with van der Waals surface area (Å²) in [5.41, 5.74) is 6.66. The first kappa shape index (κ1) is 28.1. The van der Waals surface area contributed by atoms with Crippen LogP contribution in [0, 0.1) is 23.5 Å². The zero-order valence-electron chi connectivity index (χ0n) is 20.5. The molecule has 0 aliphatic heterocycles. The minimum atomic E-state index is -4.64. The predicted molar refractivity (Wildman–Crippen MR) is 136 cm³/mol. The Balaban J connectivity index is 1.30. The van der Waals surface area contributed by atoms with Crippen LogP contribution >= 0.6 is 15.6 Å². The average Bonchev–Trinajstić information content (AvgIpc) is 3.31. The van der Waals surface area contributed by atoms with E-state index in [9.17, 15) is 27.7 Å². The highest BCUT2D eigenvalue weighted by atomic mass is 31.2. The van der Waals surface area contributed by atoms with Gasteiger partial charge in [-0.25, -0.2) is 32.9 Å². The third-order valence-electron chi connectivity index (χ3n) is 6.34. The van der Waals surface area contributed by atoms with Gasteiger partial charge in [-0.3, -0.25) is 18.8 Å². The van der Waals surface area contributed by atoms with E-state index in [1.54, 1.807) is 4.57 Å². The van der Waals surface area contributed by atoms with Crippen molar-refractivity contribution in [3.63, 3.8) is 0 Å². The molecular weight excluding hydrogens is 574 g/mol. The van der Waals surface area contributed by atoms with Crippen molar-refractivity contribution in [2.75, 3.05) is 18.9 Å². The number of hydrogen-bond acceptors (Lipinski definition) is 10. The number of halogens is 2. The number of fused-ring (bicyclic) bond motifs is 1. The molecule has 0 radical (unpaired) electrons. The van der Waals surface area contributed by atoms with Crippen molar-refractivity contribution in [2.24, 2.45) is 11.8 Å². The molecule has 2 aromatic carbocycles. The molecule has 1 aliphatic rings. The van der Waals surface area contributed by atoms with Crippen LogP contribution in [-0.2, 0) is 18.2 Å². The minimum absolute atomic E-state index is 0.0695. The smallest absolute Gasteiger partial charge is 0.404 e. The summed E-state index contributed by atoms with van der Waals surface area (Å²) in [6, 6.07) is 8.56. The summed E-state index contributed by atoms with van der Waals surface area (Å²) in [5, 5.41) is 0. The predicted octanol–water partition coefficient (Wildman–Crippen LogP) is 4.26. The lowest BCUT2D eigenvalue weighted by molar-refractivity contribution is -0.00444. The summed E-state index contributed by atoms with van der Waals surface area (Å²) in [5.74, 6) is -2.07. The fourth-order valence-corrected chi connectivity index (χ4v) is 5.95. The van der Waals surface area contributed by atoms with Crippen molar-refractivity contribution >= 4 is 32.6 Å². The molecule has 1 fully saturated rings. The summed E-state index contributed by atoms with van der Waals surface area (Å²) < 4.78 is 73.5. The zero-order valence-corrected chi connectivity index (χ0v) is 22.3. The van der Waals surface area contributed by atoms with Crippen molar-refractivity contribution in [1.29, 1.82) is 0 Å². The minimum Gasteiger partial charge on any atom is -0.404 e. The number of phosphoric ester groups is 2. The van der Waals surface area contributed by atoms with Gasteiger partial charge in [0.1, 0.15) is 35.0 Å². The highest BCUT2D eigenvalue weighted by Crippen LogP contribution is 2.52. The van der Waals surface area contributed by atoms with E-state index in [4.69, 9.17) is 23.8 Å². The van der Waals surface area contributed by atoms with Gasteiger partial charge in [-0.1, -0.05) is 0 Å². The number of nitrogen functional groups attached to an aromatic ring is 1. The molecule has 5 rings (SSSR count). The second kappa shape index (κ2) is 11.2. The number of anilines is 1. The fraction of sp³-hybridized carbons (Fsp3) is 0.261.